The summed E-state index contributed by atoms with van der Waals surface area (Å²) in [5.74, 6) is -2.15. The van der Waals surface area contributed by atoms with Crippen LogP contribution in [-0.2, 0) is 19.1 Å². The molecule has 0 aromatic carbocycles. The van der Waals surface area contributed by atoms with Gasteiger partial charge in [0, 0.05) is 32.1 Å². The molecule has 3 aliphatic heterocycles. The zero-order valence-electron chi connectivity index (χ0n) is 16.4. The van der Waals surface area contributed by atoms with Crippen molar-refractivity contribution in [3.8, 4) is 0 Å². The van der Waals surface area contributed by atoms with Gasteiger partial charge in [0.25, 0.3) is 0 Å². The number of halogens is 4. The van der Waals surface area contributed by atoms with Crippen molar-refractivity contribution >= 4 is 17.8 Å². The van der Waals surface area contributed by atoms with E-state index >= 15 is 0 Å². The molecule has 4 heterocycles. The van der Waals surface area contributed by atoms with Gasteiger partial charge in [-0.15, -0.1) is 0 Å². The molecule has 3 atom stereocenters. The summed E-state index contributed by atoms with van der Waals surface area (Å²) in [4.78, 5) is 33.8. The summed E-state index contributed by atoms with van der Waals surface area (Å²) in [6, 6.07) is 0. The number of anilines is 1. The number of morpholine rings is 1. The summed E-state index contributed by atoms with van der Waals surface area (Å²) in [6.07, 6.45) is -2.73. The zero-order chi connectivity index (χ0) is 22.6. The SMILES string of the molecule is O=C(O)C(F)(F)F.O=C([C@H]1COC[C@H]2CN(c3ncc(F)cn3)C[C@H]21)N1CCOCC1. The minimum absolute atomic E-state index is 0.132. The van der Waals surface area contributed by atoms with Gasteiger partial charge in [-0.05, 0) is 5.92 Å². The third-order valence-corrected chi connectivity index (χ3v) is 5.41. The highest BCUT2D eigenvalue weighted by Gasteiger charge is 2.45. The average molecular weight is 450 g/mol. The van der Waals surface area contributed by atoms with Crippen molar-refractivity contribution < 1.29 is 41.7 Å². The van der Waals surface area contributed by atoms with Crippen molar-refractivity contribution in [2.45, 2.75) is 6.18 Å². The Morgan fingerprint density at radius 2 is 1.68 bits per heavy atom. The molecular formula is C18H22F4N4O5. The number of ether oxygens (including phenoxy) is 2. The number of carbonyl (C=O) groups excluding carboxylic acids is 1. The molecule has 0 bridgehead atoms. The molecule has 31 heavy (non-hydrogen) atoms. The molecule has 0 aliphatic carbocycles. The second kappa shape index (κ2) is 9.73. The fourth-order valence-electron chi connectivity index (χ4n) is 3.90. The van der Waals surface area contributed by atoms with E-state index in [9.17, 15) is 22.4 Å². The van der Waals surface area contributed by atoms with Crippen LogP contribution in [0.25, 0.3) is 0 Å². The number of nitrogens with zero attached hydrogens (tertiary/aromatic N) is 4. The molecule has 172 valence electrons. The lowest BCUT2D eigenvalue weighted by Crippen LogP contribution is -2.49. The number of alkyl halides is 3. The first-order valence-electron chi connectivity index (χ1n) is 9.63. The van der Waals surface area contributed by atoms with Gasteiger partial charge in [0.15, 0.2) is 5.82 Å². The molecule has 1 amide bonds. The molecule has 1 aromatic heterocycles. The number of hydrogen-bond acceptors (Lipinski definition) is 7. The molecule has 13 heteroatoms. The van der Waals surface area contributed by atoms with Crippen LogP contribution in [0.4, 0.5) is 23.5 Å². The third-order valence-electron chi connectivity index (χ3n) is 5.41. The first-order chi connectivity index (χ1) is 14.7. The number of aliphatic carboxylic acids is 1. The summed E-state index contributed by atoms with van der Waals surface area (Å²) in [6.45, 7) is 5.06. The third kappa shape index (κ3) is 5.79. The molecule has 3 fully saturated rings. The highest BCUT2D eigenvalue weighted by Crippen LogP contribution is 2.36. The Morgan fingerprint density at radius 3 is 2.26 bits per heavy atom. The molecule has 3 saturated heterocycles. The van der Waals surface area contributed by atoms with E-state index < -0.39 is 18.0 Å². The number of hydrogen-bond donors (Lipinski definition) is 1. The quantitative estimate of drug-likeness (QED) is 0.660. The van der Waals surface area contributed by atoms with Crippen LogP contribution >= 0.6 is 0 Å². The Balaban J connectivity index is 0.000000339. The van der Waals surface area contributed by atoms with Gasteiger partial charge in [0.05, 0.1) is 44.7 Å². The van der Waals surface area contributed by atoms with E-state index in [2.05, 4.69) is 9.97 Å². The molecule has 0 unspecified atom stereocenters. The second-order valence-electron chi connectivity index (χ2n) is 7.41. The molecule has 4 rings (SSSR count). The van der Waals surface area contributed by atoms with Gasteiger partial charge in [0.1, 0.15) is 0 Å². The standard InChI is InChI=1S/C16H21FN4O3.C2HF3O2/c17-12-5-18-16(19-6-12)21-7-11-9-24-10-14(13(11)8-21)15(22)20-1-3-23-4-2-20;3-2(4,5)1(6)7/h5-6,11,13-14H,1-4,7-10H2;(H,6,7)/t11-,13-,14+;/m1./s1. The van der Waals surface area contributed by atoms with Gasteiger partial charge in [0.2, 0.25) is 11.9 Å². The van der Waals surface area contributed by atoms with Crippen LogP contribution in [0.3, 0.4) is 0 Å². The van der Waals surface area contributed by atoms with Gasteiger partial charge in [-0.25, -0.2) is 19.2 Å². The Hall–Kier alpha value is -2.54. The molecular weight excluding hydrogens is 428 g/mol. The van der Waals surface area contributed by atoms with E-state index in [1.807, 2.05) is 9.80 Å². The van der Waals surface area contributed by atoms with E-state index in [-0.39, 0.29) is 23.7 Å². The fraction of sp³-hybridized carbons (Fsp3) is 0.667. The van der Waals surface area contributed by atoms with Gasteiger partial charge in [-0.1, -0.05) is 0 Å². The highest BCUT2D eigenvalue weighted by molar-refractivity contribution is 5.79. The van der Waals surface area contributed by atoms with Crippen LogP contribution in [-0.4, -0.2) is 90.6 Å². The fourth-order valence-corrected chi connectivity index (χ4v) is 3.90. The summed E-state index contributed by atoms with van der Waals surface area (Å²) < 4.78 is 55.8. The zero-order valence-corrected chi connectivity index (χ0v) is 16.4. The number of rotatable bonds is 2. The maximum atomic E-state index is 13.0. The number of carboxylic acids is 1. The summed E-state index contributed by atoms with van der Waals surface area (Å²) in [7, 11) is 0. The molecule has 1 aromatic rings. The van der Waals surface area contributed by atoms with Crippen molar-refractivity contribution in [1.82, 2.24) is 14.9 Å². The number of carbonyl (C=O) groups is 2. The van der Waals surface area contributed by atoms with Crippen molar-refractivity contribution in [3.63, 3.8) is 0 Å². The number of carboxylic acid groups (broad SMARTS) is 1. The normalized spacial score (nSPS) is 26.0. The molecule has 0 saturated carbocycles. The smallest absolute Gasteiger partial charge is 0.475 e. The van der Waals surface area contributed by atoms with Crippen LogP contribution in [0.5, 0.6) is 0 Å². The van der Waals surface area contributed by atoms with Gasteiger partial charge in [-0.2, -0.15) is 13.2 Å². The summed E-state index contributed by atoms with van der Waals surface area (Å²) in [5.41, 5.74) is 0. The van der Waals surface area contributed by atoms with E-state index in [0.29, 0.717) is 52.0 Å². The predicted molar refractivity (Wildman–Crippen MR) is 96.6 cm³/mol. The second-order valence-corrected chi connectivity index (χ2v) is 7.41. The van der Waals surface area contributed by atoms with Crippen LogP contribution in [0.2, 0.25) is 0 Å². The van der Waals surface area contributed by atoms with E-state index in [4.69, 9.17) is 19.4 Å². The van der Waals surface area contributed by atoms with Crippen LogP contribution < -0.4 is 4.90 Å². The van der Waals surface area contributed by atoms with Crippen molar-refractivity contribution in [2.24, 2.45) is 17.8 Å². The summed E-state index contributed by atoms with van der Waals surface area (Å²) >= 11 is 0. The van der Waals surface area contributed by atoms with Crippen molar-refractivity contribution in [1.29, 1.82) is 0 Å². The molecule has 0 radical (unpaired) electrons. The summed E-state index contributed by atoms with van der Waals surface area (Å²) in [5, 5.41) is 7.12. The molecule has 9 nitrogen and oxygen atoms in total. The average Bonchev–Trinajstić information content (AvgIpc) is 3.18. The maximum Gasteiger partial charge on any atom is 0.490 e. The Bertz CT molecular complexity index is 773. The lowest BCUT2D eigenvalue weighted by Gasteiger charge is -2.36. The number of aromatic nitrogens is 2. The monoisotopic (exact) mass is 450 g/mol. The minimum Gasteiger partial charge on any atom is -0.475 e. The van der Waals surface area contributed by atoms with Crippen molar-refractivity contribution in [3.05, 3.63) is 18.2 Å². The number of fused-ring (bicyclic) bond motifs is 1. The molecule has 0 spiro atoms. The van der Waals surface area contributed by atoms with Crippen molar-refractivity contribution in [2.75, 3.05) is 57.5 Å². The van der Waals surface area contributed by atoms with E-state index in [0.717, 1.165) is 6.54 Å². The van der Waals surface area contributed by atoms with Crippen LogP contribution in [0.1, 0.15) is 0 Å². The van der Waals surface area contributed by atoms with E-state index in [1.165, 1.54) is 12.4 Å². The first-order valence-corrected chi connectivity index (χ1v) is 9.63. The predicted octanol–water partition coefficient (Wildman–Crippen LogP) is 0.807. The lowest BCUT2D eigenvalue weighted by atomic mass is 9.82. The largest absolute Gasteiger partial charge is 0.490 e. The van der Waals surface area contributed by atoms with Gasteiger partial charge >= 0.3 is 12.1 Å². The first kappa shape index (κ1) is 23.1. The highest BCUT2D eigenvalue weighted by atomic mass is 19.4. The van der Waals surface area contributed by atoms with Crippen LogP contribution in [0, 0.1) is 23.6 Å². The lowest BCUT2D eigenvalue weighted by molar-refractivity contribution is -0.192. The number of amides is 1. The van der Waals surface area contributed by atoms with Gasteiger partial charge < -0.3 is 24.4 Å². The van der Waals surface area contributed by atoms with Gasteiger partial charge in [-0.3, -0.25) is 4.79 Å². The topological polar surface area (TPSA) is 105 Å². The Morgan fingerprint density at radius 1 is 1.06 bits per heavy atom. The van der Waals surface area contributed by atoms with Crippen LogP contribution in [0.15, 0.2) is 12.4 Å². The Labute approximate surface area is 174 Å². The van der Waals surface area contributed by atoms with E-state index in [1.54, 1.807) is 0 Å². The molecule has 3 aliphatic rings. The minimum atomic E-state index is -5.08. The Kier molecular flexibility index (Phi) is 7.26. The molecule has 1 N–H and O–H groups in total. The maximum absolute atomic E-state index is 13.0.